The Morgan fingerprint density at radius 3 is 2.71 bits per heavy atom. The molecule has 1 saturated heterocycles. The Balaban J connectivity index is 2.28. The van der Waals surface area contributed by atoms with E-state index in [-0.39, 0.29) is 0 Å². The SMILES string of the molecule is OC1(c2cncc(Br)c2)CCOCC1. The van der Waals surface area contributed by atoms with E-state index < -0.39 is 5.60 Å². The maximum Gasteiger partial charge on any atom is 0.0955 e. The van der Waals surface area contributed by atoms with E-state index >= 15 is 0 Å². The summed E-state index contributed by atoms with van der Waals surface area (Å²) in [6.45, 7) is 1.23. The normalized spacial score (nSPS) is 20.7. The van der Waals surface area contributed by atoms with Crippen molar-refractivity contribution in [2.24, 2.45) is 0 Å². The molecule has 1 aromatic heterocycles. The topological polar surface area (TPSA) is 42.4 Å². The third-order valence-corrected chi connectivity index (χ3v) is 3.00. The number of hydrogen-bond donors (Lipinski definition) is 1. The lowest BCUT2D eigenvalue weighted by Gasteiger charge is -2.32. The maximum atomic E-state index is 10.3. The highest BCUT2D eigenvalue weighted by Crippen LogP contribution is 2.32. The minimum Gasteiger partial charge on any atom is -0.385 e. The molecule has 4 heteroatoms. The molecule has 1 aliphatic heterocycles. The van der Waals surface area contributed by atoms with E-state index in [1.165, 1.54) is 0 Å². The molecular formula is C10H12BrNO2. The molecule has 1 fully saturated rings. The second kappa shape index (κ2) is 3.96. The number of halogens is 1. The van der Waals surface area contributed by atoms with E-state index in [1.807, 2.05) is 6.07 Å². The minimum atomic E-state index is -0.755. The third-order valence-electron chi connectivity index (χ3n) is 2.56. The zero-order valence-corrected chi connectivity index (χ0v) is 9.33. The maximum absolute atomic E-state index is 10.3. The molecule has 0 saturated carbocycles. The van der Waals surface area contributed by atoms with Crippen LogP contribution in [0.3, 0.4) is 0 Å². The average molecular weight is 258 g/mol. The van der Waals surface area contributed by atoms with E-state index in [0.717, 1.165) is 10.0 Å². The Morgan fingerprint density at radius 2 is 2.07 bits per heavy atom. The van der Waals surface area contributed by atoms with E-state index in [0.29, 0.717) is 26.1 Å². The lowest BCUT2D eigenvalue weighted by atomic mass is 9.88. The smallest absolute Gasteiger partial charge is 0.0955 e. The van der Waals surface area contributed by atoms with Crippen LogP contribution in [0, 0.1) is 0 Å². The molecule has 0 aromatic carbocycles. The van der Waals surface area contributed by atoms with Gasteiger partial charge in [-0.2, -0.15) is 0 Å². The van der Waals surface area contributed by atoms with E-state index in [2.05, 4.69) is 20.9 Å². The summed E-state index contributed by atoms with van der Waals surface area (Å²) >= 11 is 3.35. The predicted octanol–water partition coefficient (Wildman–Crippen LogP) is 1.84. The monoisotopic (exact) mass is 257 g/mol. The van der Waals surface area contributed by atoms with Crippen molar-refractivity contribution in [3.8, 4) is 0 Å². The summed E-state index contributed by atoms with van der Waals surface area (Å²) in [5.41, 5.74) is 0.116. The number of aromatic nitrogens is 1. The van der Waals surface area contributed by atoms with Crippen LogP contribution in [-0.4, -0.2) is 23.3 Å². The van der Waals surface area contributed by atoms with Crippen LogP contribution in [0.2, 0.25) is 0 Å². The van der Waals surface area contributed by atoms with Crippen molar-refractivity contribution in [3.05, 3.63) is 28.5 Å². The Hall–Kier alpha value is -0.450. The summed E-state index contributed by atoms with van der Waals surface area (Å²) in [5, 5.41) is 10.3. The van der Waals surface area contributed by atoms with Crippen molar-refractivity contribution in [2.75, 3.05) is 13.2 Å². The lowest BCUT2D eigenvalue weighted by Crippen LogP contribution is -2.33. The molecule has 0 aliphatic carbocycles. The number of aliphatic hydroxyl groups is 1. The number of ether oxygens (including phenoxy) is 1. The summed E-state index contributed by atoms with van der Waals surface area (Å²) in [5.74, 6) is 0. The molecule has 0 unspecified atom stereocenters. The van der Waals surface area contributed by atoms with Crippen LogP contribution >= 0.6 is 15.9 Å². The Labute approximate surface area is 91.2 Å². The lowest BCUT2D eigenvalue weighted by molar-refractivity contribution is -0.0681. The van der Waals surface area contributed by atoms with Crippen molar-refractivity contribution >= 4 is 15.9 Å². The van der Waals surface area contributed by atoms with Crippen molar-refractivity contribution in [2.45, 2.75) is 18.4 Å². The van der Waals surface area contributed by atoms with Gasteiger partial charge in [-0.25, -0.2) is 0 Å². The molecule has 14 heavy (non-hydrogen) atoms. The molecule has 2 rings (SSSR count). The summed E-state index contributed by atoms with van der Waals surface area (Å²) in [6.07, 6.45) is 4.72. The molecule has 76 valence electrons. The van der Waals surface area contributed by atoms with Gasteiger partial charge in [-0.1, -0.05) is 0 Å². The number of rotatable bonds is 1. The van der Waals surface area contributed by atoms with Gasteiger partial charge in [-0.3, -0.25) is 4.98 Å². The number of nitrogens with zero attached hydrogens (tertiary/aromatic N) is 1. The fourth-order valence-corrected chi connectivity index (χ4v) is 2.03. The molecule has 0 bridgehead atoms. The average Bonchev–Trinajstić information content (AvgIpc) is 2.19. The van der Waals surface area contributed by atoms with E-state index in [1.54, 1.807) is 12.4 Å². The molecule has 2 heterocycles. The standard InChI is InChI=1S/C10H12BrNO2/c11-9-5-8(6-12-7-9)10(13)1-3-14-4-2-10/h5-7,13H,1-4H2. The molecule has 1 aromatic rings. The van der Waals surface area contributed by atoms with Gasteiger partial charge >= 0.3 is 0 Å². The van der Waals surface area contributed by atoms with Gasteiger partial charge in [0.05, 0.1) is 5.60 Å². The van der Waals surface area contributed by atoms with Gasteiger partial charge in [0, 0.05) is 48.5 Å². The first-order valence-electron chi connectivity index (χ1n) is 4.62. The number of pyridine rings is 1. The highest BCUT2D eigenvalue weighted by molar-refractivity contribution is 9.10. The van der Waals surface area contributed by atoms with Crippen LogP contribution in [0.5, 0.6) is 0 Å². The first-order chi connectivity index (χ1) is 6.71. The highest BCUT2D eigenvalue weighted by atomic mass is 79.9. The summed E-state index contributed by atoms with van der Waals surface area (Å²) in [6, 6.07) is 1.92. The van der Waals surface area contributed by atoms with E-state index in [9.17, 15) is 5.11 Å². The van der Waals surface area contributed by atoms with Gasteiger partial charge < -0.3 is 9.84 Å². The van der Waals surface area contributed by atoms with Gasteiger partial charge in [0.15, 0.2) is 0 Å². The van der Waals surface area contributed by atoms with Crippen molar-refractivity contribution in [3.63, 3.8) is 0 Å². The molecule has 0 radical (unpaired) electrons. The fraction of sp³-hybridized carbons (Fsp3) is 0.500. The summed E-state index contributed by atoms with van der Waals surface area (Å²) in [7, 11) is 0. The van der Waals surface area contributed by atoms with Crippen molar-refractivity contribution in [1.82, 2.24) is 4.98 Å². The summed E-state index contributed by atoms with van der Waals surface area (Å²) in [4.78, 5) is 4.06. The van der Waals surface area contributed by atoms with Crippen LogP contribution < -0.4 is 0 Å². The van der Waals surface area contributed by atoms with Crippen molar-refractivity contribution < 1.29 is 9.84 Å². The molecular weight excluding hydrogens is 246 g/mol. The van der Waals surface area contributed by atoms with Gasteiger partial charge in [0.1, 0.15) is 0 Å². The predicted molar refractivity (Wildman–Crippen MR) is 55.9 cm³/mol. The number of hydrogen-bond acceptors (Lipinski definition) is 3. The van der Waals surface area contributed by atoms with Crippen LogP contribution in [-0.2, 0) is 10.3 Å². The first-order valence-corrected chi connectivity index (χ1v) is 5.41. The van der Waals surface area contributed by atoms with Crippen LogP contribution in [0.25, 0.3) is 0 Å². The Morgan fingerprint density at radius 1 is 1.36 bits per heavy atom. The second-order valence-corrected chi connectivity index (χ2v) is 4.45. The Bertz CT molecular complexity index is 324. The minimum absolute atomic E-state index is 0.614. The first kappa shape index (κ1) is 10.1. The quantitative estimate of drug-likeness (QED) is 0.835. The van der Waals surface area contributed by atoms with Crippen molar-refractivity contribution in [1.29, 1.82) is 0 Å². The van der Waals surface area contributed by atoms with E-state index in [4.69, 9.17) is 4.74 Å². The fourth-order valence-electron chi connectivity index (χ4n) is 1.66. The van der Waals surface area contributed by atoms with Crippen LogP contribution in [0.1, 0.15) is 18.4 Å². The van der Waals surface area contributed by atoms with Gasteiger partial charge in [0.2, 0.25) is 0 Å². The molecule has 0 atom stereocenters. The van der Waals surface area contributed by atoms with Gasteiger partial charge in [-0.05, 0) is 22.0 Å². The largest absolute Gasteiger partial charge is 0.385 e. The van der Waals surface area contributed by atoms with Gasteiger partial charge in [-0.15, -0.1) is 0 Å². The zero-order valence-electron chi connectivity index (χ0n) is 7.74. The second-order valence-electron chi connectivity index (χ2n) is 3.54. The molecule has 0 amide bonds. The molecule has 3 nitrogen and oxygen atoms in total. The zero-order chi connectivity index (χ0) is 10.0. The Kier molecular flexibility index (Phi) is 2.85. The molecule has 0 spiro atoms. The highest BCUT2D eigenvalue weighted by Gasteiger charge is 2.32. The molecule has 1 N–H and O–H groups in total. The molecule has 1 aliphatic rings. The van der Waals surface area contributed by atoms with Crippen LogP contribution in [0.15, 0.2) is 22.9 Å². The van der Waals surface area contributed by atoms with Crippen LogP contribution in [0.4, 0.5) is 0 Å². The van der Waals surface area contributed by atoms with Gasteiger partial charge in [0.25, 0.3) is 0 Å². The third kappa shape index (κ3) is 1.97. The summed E-state index contributed by atoms with van der Waals surface area (Å²) < 4.78 is 6.12.